The van der Waals surface area contributed by atoms with E-state index in [1.165, 1.54) is 12.1 Å². The summed E-state index contributed by atoms with van der Waals surface area (Å²) in [4.78, 5) is 12.6. The van der Waals surface area contributed by atoms with Crippen molar-refractivity contribution in [1.29, 1.82) is 0 Å². The van der Waals surface area contributed by atoms with Crippen molar-refractivity contribution in [3.05, 3.63) is 90.0 Å². The first-order valence-electron chi connectivity index (χ1n) is 8.14. The van der Waals surface area contributed by atoms with Crippen LogP contribution in [-0.2, 0) is 23.8 Å². The number of Topliss-reactive ketones (excluding diaryl/α,β-unsaturated/α-hetero) is 1. The molecule has 3 aromatic rings. The number of fused-ring (bicyclic) bond motifs is 1. The van der Waals surface area contributed by atoms with E-state index in [2.05, 4.69) is 0 Å². The van der Waals surface area contributed by atoms with Gasteiger partial charge in [0.1, 0.15) is 4.90 Å². The zero-order valence-corrected chi connectivity index (χ0v) is 14.8. The van der Waals surface area contributed by atoms with Gasteiger partial charge in [-0.15, -0.1) is 0 Å². The summed E-state index contributed by atoms with van der Waals surface area (Å²) in [6.07, 6.45) is -1.05. The van der Waals surface area contributed by atoms with Crippen LogP contribution in [-0.4, -0.2) is 14.2 Å². The van der Waals surface area contributed by atoms with Crippen LogP contribution in [0, 0.1) is 0 Å². The molecule has 0 spiro atoms. The number of carbonyl (C=O) groups excluding carboxylic acids is 1. The average Bonchev–Trinajstić information content (AvgIpc) is 2.96. The number of nitrogens with two attached hydrogens (primary N) is 1. The summed E-state index contributed by atoms with van der Waals surface area (Å²) in [7, 11) is -4.19. The summed E-state index contributed by atoms with van der Waals surface area (Å²) in [6.45, 7) is 0. The Morgan fingerprint density at radius 2 is 1.56 bits per heavy atom. The van der Waals surface area contributed by atoms with Gasteiger partial charge in [0.25, 0.3) is 0 Å². The molecule has 7 heteroatoms. The fraction of sp³-hybridized carbons (Fsp3) is 0.0500. The van der Waals surface area contributed by atoms with Crippen LogP contribution in [0.3, 0.4) is 0 Å². The highest BCUT2D eigenvalue weighted by Gasteiger charge is 2.39. The van der Waals surface area contributed by atoms with Crippen molar-refractivity contribution < 1.29 is 22.1 Å². The minimum Gasteiger partial charge on any atom is -0.460 e. The van der Waals surface area contributed by atoms with Crippen molar-refractivity contribution in [2.45, 2.75) is 11.0 Å². The quantitative estimate of drug-likeness (QED) is 0.698. The van der Waals surface area contributed by atoms with Crippen LogP contribution >= 0.6 is 0 Å². The van der Waals surface area contributed by atoms with Crippen molar-refractivity contribution in [1.82, 2.24) is 0 Å². The Balaban J connectivity index is 1.63. The topological polar surface area (TPSA) is 95.7 Å². The molecule has 0 fully saturated rings. The van der Waals surface area contributed by atoms with Gasteiger partial charge in [0.15, 0.2) is 6.10 Å². The SMILES string of the molecule is NC1=C(OS(=O)(=O)c2ccccc2)C(=O)C(c2ccc3ccccc3c2)O1. The lowest BCUT2D eigenvalue weighted by Crippen LogP contribution is -2.15. The zero-order chi connectivity index (χ0) is 19.0. The molecule has 136 valence electrons. The van der Waals surface area contributed by atoms with E-state index in [1.807, 2.05) is 30.3 Å². The second-order valence-electron chi connectivity index (χ2n) is 6.01. The fourth-order valence-corrected chi connectivity index (χ4v) is 3.86. The Morgan fingerprint density at radius 1 is 0.889 bits per heavy atom. The molecule has 0 bridgehead atoms. The van der Waals surface area contributed by atoms with Crippen LogP contribution in [0.5, 0.6) is 0 Å². The van der Waals surface area contributed by atoms with Crippen LogP contribution < -0.4 is 5.73 Å². The predicted molar refractivity (Wildman–Crippen MR) is 98.7 cm³/mol. The molecule has 1 aliphatic rings. The first-order chi connectivity index (χ1) is 13.0. The molecule has 1 atom stereocenters. The third kappa shape index (κ3) is 3.13. The maximum absolute atomic E-state index is 12.7. The lowest BCUT2D eigenvalue weighted by molar-refractivity contribution is -0.123. The molecule has 6 nitrogen and oxygen atoms in total. The number of ether oxygens (including phenoxy) is 1. The first-order valence-corrected chi connectivity index (χ1v) is 9.55. The van der Waals surface area contributed by atoms with E-state index in [1.54, 1.807) is 30.3 Å². The molecule has 27 heavy (non-hydrogen) atoms. The zero-order valence-electron chi connectivity index (χ0n) is 14.0. The highest BCUT2D eigenvalue weighted by molar-refractivity contribution is 7.86. The molecular weight excluding hydrogens is 366 g/mol. The lowest BCUT2D eigenvalue weighted by atomic mass is 10.0. The Bertz CT molecular complexity index is 1170. The number of carbonyl (C=O) groups is 1. The van der Waals surface area contributed by atoms with Crippen LogP contribution in [0.25, 0.3) is 10.8 Å². The second kappa shape index (κ2) is 6.44. The molecular formula is C20H15NO5S. The minimum absolute atomic E-state index is 0.0766. The van der Waals surface area contributed by atoms with Gasteiger partial charge in [0.2, 0.25) is 17.4 Å². The van der Waals surface area contributed by atoms with Gasteiger partial charge in [-0.25, -0.2) is 0 Å². The van der Waals surface area contributed by atoms with Crippen LogP contribution in [0.2, 0.25) is 0 Å². The molecule has 1 unspecified atom stereocenters. The second-order valence-corrected chi connectivity index (χ2v) is 7.56. The van der Waals surface area contributed by atoms with Crippen molar-refractivity contribution in [2.75, 3.05) is 0 Å². The molecule has 3 aromatic carbocycles. The normalized spacial score (nSPS) is 17.2. The lowest BCUT2D eigenvalue weighted by Gasteiger charge is -2.11. The monoisotopic (exact) mass is 381 g/mol. The maximum Gasteiger partial charge on any atom is 0.339 e. The Hall–Kier alpha value is -3.32. The number of rotatable bonds is 4. The Morgan fingerprint density at radius 3 is 2.30 bits per heavy atom. The maximum atomic E-state index is 12.7. The van der Waals surface area contributed by atoms with E-state index in [4.69, 9.17) is 14.7 Å². The van der Waals surface area contributed by atoms with Gasteiger partial charge in [0.05, 0.1) is 0 Å². The third-order valence-corrected chi connectivity index (χ3v) is 5.47. The summed E-state index contributed by atoms with van der Waals surface area (Å²) >= 11 is 0. The Kier molecular flexibility index (Phi) is 4.08. The number of ketones is 1. The standard InChI is InChI=1S/C20H15NO5S/c21-20-19(26-27(23,24)16-8-2-1-3-9-16)17(22)18(25-20)15-11-10-13-6-4-5-7-14(13)12-15/h1-12,18H,21H2. The number of hydrogen-bond donors (Lipinski definition) is 1. The van der Waals surface area contributed by atoms with E-state index >= 15 is 0 Å². The summed E-state index contributed by atoms with van der Waals surface area (Å²) in [5.41, 5.74) is 6.31. The molecule has 0 saturated heterocycles. The molecule has 4 rings (SSSR count). The minimum atomic E-state index is -4.19. The van der Waals surface area contributed by atoms with Crippen molar-refractivity contribution in [3.63, 3.8) is 0 Å². The highest BCUT2D eigenvalue weighted by atomic mass is 32.2. The van der Waals surface area contributed by atoms with Crippen molar-refractivity contribution in [2.24, 2.45) is 5.73 Å². The molecule has 0 aliphatic carbocycles. The van der Waals surface area contributed by atoms with Crippen LogP contribution in [0.4, 0.5) is 0 Å². The summed E-state index contributed by atoms with van der Waals surface area (Å²) in [6, 6.07) is 20.6. The van der Waals surface area contributed by atoms with Crippen molar-refractivity contribution >= 4 is 26.7 Å². The molecule has 2 N–H and O–H groups in total. The Labute approximate surface area is 155 Å². The van der Waals surface area contributed by atoms with Gasteiger partial charge < -0.3 is 14.7 Å². The van der Waals surface area contributed by atoms with E-state index < -0.39 is 27.8 Å². The van der Waals surface area contributed by atoms with Gasteiger partial charge in [-0.3, -0.25) is 4.79 Å². The summed E-state index contributed by atoms with van der Waals surface area (Å²) in [5.74, 6) is -1.49. The van der Waals surface area contributed by atoms with Crippen molar-refractivity contribution in [3.8, 4) is 0 Å². The van der Waals surface area contributed by atoms with E-state index in [0.29, 0.717) is 5.56 Å². The van der Waals surface area contributed by atoms with Gasteiger partial charge in [-0.05, 0) is 29.0 Å². The van der Waals surface area contributed by atoms with Crippen LogP contribution in [0.15, 0.2) is 89.3 Å². The van der Waals surface area contributed by atoms with E-state index in [9.17, 15) is 13.2 Å². The number of hydrogen-bond acceptors (Lipinski definition) is 6. The smallest absolute Gasteiger partial charge is 0.339 e. The van der Waals surface area contributed by atoms with Gasteiger partial charge in [-0.1, -0.05) is 54.6 Å². The summed E-state index contributed by atoms with van der Waals surface area (Å²) in [5, 5.41) is 1.94. The molecule has 0 saturated carbocycles. The van der Waals surface area contributed by atoms with Crippen LogP contribution in [0.1, 0.15) is 11.7 Å². The number of benzene rings is 3. The first kappa shape index (κ1) is 17.1. The van der Waals surface area contributed by atoms with E-state index in [0.717, 1.165) is 10.8 Å². The average molecular weight is 381 g/mol. The molecule has 0 radical (unpaired) electrons. The molecule has 0 amide bonds. The highest BCUT2D eigenvalue weighted by Crippen LogP contribution is 2.34. The van der Waals surface area contributed by atoms with Gasteiger partial charge in [0, 0.05) is 5.56 Å². The van der Waals surface area contributed by atoms with Gasteiger partial charge in [-0.2, -0.15) is 8.42 Å². The van der Waals surface area contributed by atoms with E-state index in [-0.39, 0.29) is 10.8 Å². The fourth-order valence-electron chi connectivity index (χ4n) is 2.89. The third-order valence-electron chi connectivity index (χ3n) is 4.23. The van der Waals surface area contributed by atoms with Gasteiger partial charge >= 0.3 is 10.1 Å². The molecule has 1 aliphatic heterocycles. The predicted octanol–water partition coefficient (Wildman–Crippen LogP) is 3.01. The molecule has 1 heterocycles. The largest absolute Gasteiger partial charge is 0.460 e. The molecule has 0 aromatic heterocycles. The summed E-state index contributed by atoms with van der Waals surface area (Å²) < 4.78 is 35.2.